The van der Waals surface area contributed by atoms with E-state index in [1.54, 1.807) is 52.1 Å². The Balaban J connectivity index is 1.36. The summed E-state index contributed by atoms with van der Waals surface area (Å²) in [5, 5.41) is 5.27. The molecule has 1 saturated heterocycles. The summed E-state index contributed by atoms with van der Waals surface area (Å²) in [6.45, 7) is 11.7. The molecule has 314 valence electrons. The van der Waals surface area contributed by atoms with Crippen LogP contribution in [0, 0.1) is 5.92 Å². The molecule has 3 fully saturated rings. The Morgan fingerprint density at radius 3 is 2.39 bits per heavy atom. The van der Waals surface area contributed by atoms with Crippen molar-refractivity contribution >= 4 is 50.6 Å². The van der Waals surface area contributed by atoms with Gasteiger partial charge in [0.2, 0.25) is 27.7 Å². The maximum Gasteiger partial charge on any atom is 0.408 e. The van der Waals surface area contributed by atoms with Crippen LogP contribution in [0.15, 0.2) is 79.9 Å². The van der Waals surface area contributed by atoms with Gasteiger partial charge in [-0.1, -0.05) is 43.0 Å². The first-order valence-corrected chi connectivity index (χ1v) is 20.8. The predicted octanol–water partition coefficient (Wildman–Crippen LogP) is 3.47. The fourth-order valence-corrected chi connectivity index (χ4v) is 8.45. The zero-order chi connectivity index (χ0) is 42.9. The Hall–Kier alpha value is -5.97. The number of aromatic nitrogens is 1. The molecule has 1 aromatic heterocycles. The van der Waals surface area contributed by atoms with Crippen molar-refractivity contribution in [3.05, 3.63) is 79.9 Å². The molecule has 2 heterocycles. The first-order valence-electron chi connectivity index (χ1n) is 19.3. The minimum Gasteiger partial charge on any atom is -0.497 e. The Morgan fingerprint density at radius 2 is 1.78 bits per heavy atom. The van der Waals surface area contributed by atoms with E-state index in [-0.39, 0.29) is 25.9 Å². The van der Waals surface area contributed by atoms with E-state index in [0.29, 0.717) is 40.9 Å². The topological polar surface area (TPSA) is 203 Å². The summed E-state index contributed by atoms with van der Waals surface area (Å²) >= 11 is 0. The van der Waals surface area contributed by atoms with E-state index in [2.05, 4.69) is 28.5 Å². The Bertz CT molecular complexity index is 2280. The summed E-state index contributed by atoms with van der Waals surface area (Å²) in [7, 11) is -0.989. The lowest BCUT2D eigenvalue weighted by atomic mass is 10.1. The molecule has 16 nitrogen and oxygen atoms in total. The van der Waals surface area contributed by atoms with E-state index < -0.39 is 80.2 Å². The zero-order valence-electron chi connectivity index (χ0n) is 33.7. The van der Waals surface area contributed by atoms with Crippen LogP contribution >= 0.6 is 0 Å². The summed E-state index contributed by atoms with van der Waals surface area (Å²) in [5.41, 5.74) is -0.596. The van der Waals surface area contributed by atoms with Gasteiger partial charge < -0.3 is 34.6 Å². The van der Waals surface area contributed by atoms with Crippen LogP contribution in [0.3, 0.4) is 0 Å². The van der Waals surface area contributed by atoms with E-state index in [1.807, 2.05) is 30.3 Å². The molecule has 3 N–H and O–H groups in total. The molecule has 0 spiro atoms. The van der Waals surface area contributed by atoms with Crippen LogP contribution in [0.1, 0.15) is 46.5 Å². The summed E-state index contributed by atoms with van der Waals surface area (Å²) in [4.78, 5) is 75.8. The fourth-order valence-electron chi connectivity index (χ4n) is 7.09. The molecule has 5 atom stereocenters. The van der Waals surface area contributed by atoms with Crippen molar-refractivity contribution in [2.75, 3.05) is 27.2 Å². The van der Waals surface area contributed by atoms with Gasteiger partial charge in [0.25, 0.3) is 5.91 Å². The lowest BCUT2D eigenvalue weighted by molar-refractivity contribution is -0.141. The lowest BCUT2D eigenvalue weighted by Gasteiger charge is -2.31. The molecule has 0 radical (unpaired) electrons. The number of rotatable bonds is 15. The second-order valence-electron chi connectivity index (χ2n) is 16.0. The Kier molecular flexibility index (Phi) is 12.1. The highest BCUT2D eigenvalue weighted by molar-refractivity contribution is 7.91. The van der Waals surface area contributed by atoms with E-state index >= 15 is 0 Å². The van der Waals surface area contributed by atoms with Gasteiger partial charge in [-0.2, -0.15) is 0 Å². The molecule has 1 aliphatic heterocycles. The van der Waals surface area contributed by atoms with Crippen molar-refractivity contribution in [2.24, 2.45) is 5.92 Å². The molecule has 2 aliphatic carbocycles. The number of hydrogen-bond donors (Lipinski definition) is 3. The van der Waals surface area contributed by atoms with E-state index in [4.69, 9.17) is 19.2 Å². The van der Waals surface area contributed by atoms with Crippen LogP contribution in [0.4, 0.5) is 4.79 Å². The molecule has 6 rings (SSSR count). The number of sulfonamides is 1. The third kappa shape index (κ3) is 9.67. The first kappa shape index (κ1) is 42.6. The number of carbonyl (C=O) groups excluding carboxylic acids is 5. The summed E-state index contributed by atoms with van der Waals surface area (Å²) in [5.74, 6) is -2.54. The number of likely N-dealkylation sites (tertiary alicyclic amines) is 1. The minimum atomic E-state index is -3.96. The van der Waals surface area contributed by atoms with Crippen molar-refractivity contribution in [2.45, 2.75) is 81.0 Å². The highest BCUT2D eigenvalue weighted by Gasteiger charge is 2.62. The maximum absolute atomic E-state index is 14.7. The van der Waals surface area contributed by atoms with Crippen molar-refractivity contribution in [1.82, 2.24) is 30.1 Å². The Labute approximate surface area is 343 Å². The molecule has 17 heteroatoms. The van der Waals surface area contributed by atoms with E-state index in [1.165, 1.54) is 22.9 Å². The van der Waals surface area contributed by atoms with Crippen LogP contribution in [-0.2, 0) is 33.9 Å². The second-order valence-corrected chi connectivity index (χ2v) is 18.0. The van der Waals surface area contributed by atoms with Gasteiger partial charge in [-0.3, -0.25) is 23.9 Å². The number of likely N-dealkylation sites (N-methyl/N-ethyl adjacent to an activating group) is 1. The second kappa shape index (κ2) is 16.7. The molecule has 0 bridgehead atoms. The van der Waals surface area contributed by atoms with E-state index in [9.17, 15) is 32.4 Å². The maximum atomic E-state index is 14.7. The number of fused-ring (bicyclic) bond motifs is 1. The van der Waals surface area contributed by atoms with Gasteiger partial charge in [0.1, 0.15) is 40.8 Å². The van der Waals surface area contributed by atoms with Gasteiger partial charge >= 0.3 is 6.09 Å². The predicted molar refractivity (Wildman–Crippen MR) is 219 cm³/mol. The molecular formula is C42H50N6O10S. The largest absolute Gasteiger partial charge is 0.497 e. The highest BCUT2D eigenvalue weighted by Crippen LogP contribution is 2.45. The number of alkyl carbamates (subject to hydrolysis) is 1. The summed E-state index contributed by atoms with van der Waals surface area (Å²) in [6.07, 6.45) is 1.62. The molecule has 3 aliphatic rings. The molecular weight excluding hydrogens is 781 g/mol. The number of hydrogen-bond acceptors (Lipinski definition) is 11. The molecule has 59 heavy (non-hydrogen) atoms. The molecule has 2 saturated carbocycles. The van der Waals surface area contributed by atoms with Crippen LogP contribution in [-0.4, -0.2) is 115 Å². The van der Waals surface area contributed by atoms with Crippen molar-refractivity contribution in [3.8, 4) is 22.8 Å². The number of ether oxygens (including phenoxy) is 3. The SMILES string of the molecule is C=CC(=O)N(C)C[C@H](NC(=O)OC(C)(C)C)C(=O)N1C[C@H](Oc2cc(-c3ccccc3)nc3cc(OC)ccc23)C[C@H]1C(=O)N[C@]1(C(=O)NS(=O)(=O)C2CC2)C[C@H]1C=C. The lowest BCUT2D eigenvalue weighted by Crippen LogP contribution is -2.60. The van der Waals surface area contributed by atoms with Crippen LogP contribution in [0.5, 0.6) is 11.5 Å². The van der Waals surface area contributed by atoms with Crippen LogP contribution < -0.4 is 24.8 Å². The normalized spacial score (nSPS) is 21.7. The first-order chi connectivity index (χ1) is 27.9. The molecule has 0 unspecified atom stereocenters. The van der Waals surface area contributed by atoms with Gasteiger partial charge in [0.05, 0.1) is 36.7 Å². The average Bonchev–Trinajstić information content (AvgIpc) is 4.13. The van der Waals surface area contributed by atoms with Gasteiger partial charge in [0, 0.05) is 42.5 Å². The number of pyridine rings is 1. The van der Waals surface area contributed by atoms with Gasteiger partial charge in [-0.15, -0.1) is 6.58 Å². The number of methoxy groups -OCH3 is 1. The third-order valence-corrected chi connectivity index (χ3v) is 12.3. The number of carbonyl (C=O) groups is 5. The summed E-state index contributed by atoms with van der Waals surface area (Å²) in [6, 6.07) is 13.8. The van der Waals surface area contributed by atoms with Gasteiger partial charge in [0.15, 0.2) is 0 Å². The number of benzene rings is 2. The van der Waals surface area contributed by atoms with Crippen LogP contribution in [0.25, 0.3) is 22.2 Å². The quantitative estimate of drug-likeness (QED) is 0.150. The smallest absolute Gasteiger partial charge is 0.408 e. The minimum absolute atomic E-state index is 0.0738. The van der Waals surface area contributed by atoms with Crippen molar-refractivity contribution < 1.29 is 46.6 Å². The fraction of sp³-hybridized carbons (Fsp3) is 0.429. The summed E-state index contributed by atoms with van der Waals surface area (Å²) < 4.78 is 45.3. The molecule has 5 amide bonds. The highest BCUT2D eigenvalue weighted by atomic mass is 32.2. The molecule has 3 aromatic rings. The standard InChI is InChI=1S/C42H50N6O10S/c1-8-26-22-42(26,39(52)46-59(54,55)29-16-17-29)45-37(50)34-20-28(23-48(34)38(51)33(24-47(6)36(49)9-2)44-40(53)58-41(3,4)5)57-35-21-31(25-13-11-10-12-14-25)43-32-19-27(56-7)15-18-30(32)35/h8-15,18-19,21,26,28-29,33-34H,1-2,16-17,20,22-24H2,3-7H3,(H,44,53)(H,45,50)(H,46,52)/t26-,28-,33+,34+,42-/m1/s1. The van der Waals surface area contributed by atoms with Gasteiger partial charge in [-0.25, -0.2) is 18.2 Å². The number of nitrogens with zero attached hydrogens (tertiary/aromatic N) is 3. The monoisotopic (exact) mass is 830 g/mol. The third-order valence-electron chi connectivity index (χ3n) is 10.4. The van der Waals surface area contributed by atoms with Crippen molar-refractivity contribution in [1.29, 1.82) is 0 Å². The van der Waals surface area contributed by atoms with Crippen molar-refractivity contribution in [3.63, 3.8) is 0 Å². The number of amides is 5. The zero-order valence-corrected chi connectivity index (χ0v) is 34.5. The van der Waals surface area contributed by atoms with E-state index in [0.717, 1.165) is 11.6 Å². The Morgan fingerprint density at radius 1 is 1.07 bits per heavy atom. The number of nitrogens with one attached hydrogen (secondary N) is 3. The molecule has 2 aromatic carbocycles. The van der Waals surface area contributed by atoms with Gasteiger partial charge in [-0.05, 0) is 58.2 Å². The van der Waals surface area contributed by atoms with Crippen LogP contribution in [0.2, 0.25) is 0 Å². The average molecular weight is 831 g/mol.